The zero-order valence-corrected chi connectivity index (χ0v) is 9.79. The van der Waals surface area contributed by atoms with Gasteiger partial charge in [0.15, 0.2) is 0 Å². The van der Waals surface area contributed by atoms with Gasteiger partial charge in [0.05, 0.1) is 4.47 Å². The second-order valence-electron chi connectivity index (χ2n) is 3.57. The Bertz CT molecular complexity index is 360. The van der Waals surface area contributed by atoms with Crippen molar-refractivity contribution in [3.8, 4) is 0 Å². The summed E-state index contributed by atoms with van der Waals surface area (Å²) in [6.45, 7) is 4.23. The van der Waals surface area contributed by atoms with Gasteiger partial charge in [-0.25, -0.2) is 4.98 Å². The van der Waals surface area contributed by atoms with E-state index in [4.69, 9.17) is 0 Å². The van der Waals surface area contributed by atoms with Crippen LogP contribution < -0.4 is 4.90 Å². The number of hydrogen-bond donors (Lipinski definition) is 0. The number of nitrogens with zero attached hydrogens (tertiary/aromatic N) is 2. The maximum atomic E-state index is 4.39. The number of halogens is 1. The van der Waals surface area contributed by atoms with Gasteiger partial charge in [-0.15, -0.1) is 0 Å². The monoisotopic (exact) mass is 252 g/mol. The normalized spacial score (nSPS) is 16.7. The molecule has 14 heavy (non-hydrogen) atoms. The second-order valence-corrected chi connectivity index (χ2v) is 4.42. The number of hydrogen-bond acceptors (Lipinski definition) is 2. The van der Waals surface area contributed by atoms with Crippen LogP contribution in [0.15, 0.2) is 34.5 Å². The summed E-state index contributed by atoms with van der Waals surface area (Å²) < 4.78 is 1.08. The topological polar surface area (TPSA) is 16.1 Å². The molecule has 3 heteroatoms. The van der Waals surface area contributed by atoms with E-state index in [0.717, 1.165) is 29.8 Å². The zero-order chi connectivity index (χ0) is 9.97. The Morgan fingerprint density at radius 1 is 1.50 bits per heavy atom. The highest BCUT2D eigenvalue weighted by atomic mass is 79.9. The molecule has 0 amide bonds. The minimum atomic E-state index is 0.996. The Morgan fingerprint density at radius 2 is 2.36 bits per heavy atom. The smallest absolute Gasteiger partial charge is 0.143 e. The van der Waals surface area contributed by atoms with Crippen LogP contribution in [0.2, 0.25) is 0 Å². The van der Waals surface area contributed by atoms with Gasteiger partial charge in [-0.3, -0.25) is 0 Å². The average Bonchev–Trinajstić information content (AvgIpc) is 2.18. The third-order valence-electron chi connectivity index (χ3n) is 2.37. The molecule has 0 atom stereocenters. The van der Waals surface area contributed by atoms with Gasteiger partial charge < -0.3 is 4.90 Å². The van der Waals surface area contributed by atoms with Crippen LogP contribution in [0.1, 0.15) is 13.3 Å². The summed E-state index contributed by atoms with van der Waals surface area (Å²) in [5, 5.41) is 0. The van der Waals surface area contributed by atoms with Gasteiger partial charge in [0, 0.05) is 19.3 Å². The van der Waals surface area contributed by atoms with Gasteiger partial charge in [0.1, 0.15) is 5.82 Å². The van der Waals surface area contributed by atoms with E-state index in [0.29, 0.717) is 0 Å². The molecular weight excluding hydrogens is 240 g/mol. The molecule has 0 saturated carbocycles. The van der Waals surface area contributed by atoms with E-state index in [9.17, 15) is 0 Å². The molecule has 2 heterocycles. The molecule has 1 aromatic rings. The molecule has 2 nitrogen and oxygen atoms in total. The largest absolute Gasteiger partial charge is 0.351 e. The number of pyridine rings is 1. The van der Waals surface area contributed by atoms with Gasteiger partial charge in [-0.2, -0.15) is 0 Å². The number of anilines is 1. The van der Waals surface area contributed by atoms with Crippen molar-refractivity contribution in [2.24, 2.45) is 0 Å². The Balaban J connectivity index is 2.24. The summed E-state index contributed by atoms with van der Waals surface area (Å²) in [7, 11) is 0. The number of rotatable bonds is 1. The van der Waals surface area contributed by atoms with Gasteiger partial charge in [0.2, 0.25) is 0 Å². The maximum absolute atomic E-state index is 4.39. The van der Waals surface area contributed by atoms with Crippen molar-refractivity contribution in [2.75, 3.05) is 18.0 Å². The van der Waals surface area contributed by atoms with Crippen molar-refractivity contribution in [3.05, 3.63) is 34.5 Å². The molecule has 74 valence electrons. The van der Waals surface area contributed by atoms with Crippen LogP contribution >= 0.6 is 15.9 Å². The summed E-state index contributed by atoms with van der Waals surface area (Å²) in [6.07, 6.45) is 5.26. The minimum Gasteiger partial charge on any atom is -0.351 e. The quantitative estimate of drug-likeness (QED) is 0.715. The van der Waals surface area contributed by atoms with Crippen molar-refractivity contribution >= 4 is 21.7 Å². The first-order valence-electron chi connectivity index (χ1n) is 4.78. The molecule has 0 radical (unpaired) electrons. The van der Waals surface area contributed by atoms with Gasteiger partial charge >= 0.3 is 0 Å². The van der Waals surface area contributed by atoms with E-state index < -0.39 is 0 Å². The standard InChI is InChI=1S/C11H13BrN2/c1-9-4-3-7-14(8-9)11-10(12)5-2-6-13-11/h2,4-6H,3,7-8H2,1H3. The van der Waals surface area contributed by atoms with Crippen molar-refractivity contribution < 1.29 is 0 Å². The van der Waals surface area contributed by atoms with Crippen LogP contribution in [-0.4, -0.2) is 18.1 Å². The minimum absolute atomic E-state index is 0.996. The molecule has 0 bridgehead atoms. The van der Waals surface area contributed by atoms with Gasteiger partial charge in [0.25, 0.3) is 0 Å². The van der Waals surface area contributed by atoms with E-state index in [1.54, 1.807) is 0 Å². The molecule has 0 aromatic carbocycles. The predicted octanol–water partition coefficient (Wildman–Crippen LogP) is 3.00. The Morgan fingerprint density at radius 3 is 3.07 bits per heavy atom. The third-order valence-corrected chi connectivity index (χ3v) is 2.99. The summed E-state index contributed by atoms with van der Waals surface area (Å²) >= 11 is 3.53. The number of aromatic nitrogens is 1. The predicted molar refractivity (Wildman–Crippen MR) is 62.5 cm³/mol. The summed E-state index contributed by atoms with van der Waals surface area (Å²) in [5.41, 5.74) is 1.42. The molecule has 0 fully saturated rings. The molecule has 1 aliphatic heterocycles. The highest BCUT2D eigenvalue weighted by molar-refractivity contribution is 9.10. The molecule has 0 N–H and O–H groups in total. The fourth-order valence-corrected chi connectivity index (χ4v) is 2.21. The molecule has 0 spiro atoms. The van der Waals surface area contributed by atoms with Gasteiger partial charge in [-0.1, -0.05) is 11.6 Å². The Hall–Kier alpha value is -0.830. The molecule has 1 aliphatic rings. The van der Waals surface area contributed by atoms with Crippen molar-refractivity contribution in [1.82, 2.24) is 4.98 Å². The fraction of sp³-hybridized carbons (Fsp3) is 0.364. The average molecular weight is 253 g/mol. The van der Waals surface area contributed by atoms with Crippen molar-refractivity contribution in [3.63, 3.8) is 0 Å². The van der Waals surface area contributed by atoms with E-state index in [2.05, 4.69) is 38.8 Å². The zero-order valence-electron chi connectivity index (χ0n) is 8.20. The summed E-state index contributed by atoms with van der Waals surface area (Å²) in [5.74, 6) is 1.06. The van der Waals surface area contributed by atoms with Crippen LogP contribution in [0.4, 0.5) is 5.82 Å². The first-order valence-corrected chi connectivity index (χ1v) is 5.58. The highest BCUT2D eigenvalue weighted by Crippen LogP contribution is 2.25. The lowest BCUT2D eigenvalue weighted by Crippen LogP contribution is -2.30. The lowest BCUT2D eigenvalue weighted by molar-refractivity contribution is 0.776. The van der Waals surface area contributed by atoms with Crippen molar-refractivity contribution in [2.45, 2.75) is 13.3 Å². The van der Waals surface area contributed by atoms with Gasteiger partial charge in [-0.05, 0) is 41.4 Å². The molecule has 1 aromatic heterocycles. The summed E-state index contributed by atoms with van der Waals surface area (Å²) in [4.78, 5) is 6.69. The molecule has 0 unspecified atom stereocenters. The van der Waals surface area contributed by atoms with E-state index in [-0.39, 0.29) is 0 Å². The van der Waals surface area contributed by atoms with E-state index >= 15 is 0 Å². The lowest BCUT2D eigenvalue weighted by atomic mass is 10.1. The second kappa shape index (κ2) is 4.13. The van der Waals surface area contributed by atoms with Crippen molar-refractivity contribution in [1.29, 1.82) is 0 Å². The first-order chi connectivity index (χ1) is 6.77. The Labute approximate surface area is 92.8 Å². The van der Waals surface area contributed by atoms with Crippen LogP contribution in [0.3, 0.4) is 0 Å². The van der Waals surface area contributed by atoms with E-state index in [1.807, 2.05) is 18.3 Å². The highest BCUT2D eigenvalue weighted by Gasteiger charge is 2.13. The third kappa shape index (κ3) is 1.98. The van der Waals surface area contributed by atoms with E-state index in [1.165, 1.54) is 5.57 Å². The maximum Gasteiger partial charge on any atom is 0.143 e. The SMILES string of the molecule is CC1=CCCN(c2ncccc2Br)C1. The van der Waals surface area contributed by atoms with Crippen LogP contribution in [0.5, 0.6) is 0 Å². The Kier molecular flexibility index (Phi) is 2.87. The van der Waals surface area contributed by atoms with Crippen LogP contribution in [-0.2, 0) is 0 Å². The molecule has 0 saturated heterocycles. The fourth-order valence-electron chi connectivity index (χ4n) is 1.70. The lowest BCUT2D eigenvalue weighted by Gasteiger charge is -2.27. The molecular formula is C11H13BrN2. The van der Waals surface area contributed by atoms with Crippen LogP contribution in [0, 0.1) is 0 Å². The molecule has 0 aliphatic carbocycles. The molecule has 2 rings (SSSR count). The first kappa shape index (κ1) is 9.71. The van der Waals surface area contributed by atoms with Crippen LogP contribution in [0.25, 0.3) is 0 Å². The summed E-state index contributed by atoms with van der Waals surface area (Å²) in [6, 6.07) is 3.98.